The molecule has 1 fully saturated rings. The summed E-state index contributed by atoms with van der Waals surface area (Å²) in [5, 5.41) is 3.30. The zero-order valence-corrected chi connectivity index (χ0v) is 8.93. The second-order valence-corrected chi connectivity index (χ2v) is 4.49. The first-order valence-corrected chi connectivity index (χ1v) is 5.04. The van der Waals surface area contributed by atoms with Crippen LogP contribution in [0.4, 0.5) is 0 Å². The summed E-state index contributed by atoms with van der Waals surface area (Å²) in [5.41, 5.74) is -0.0904. The molecular formula is C10H21NO2. The monoisotopic (exact) mass is 187 g/mol. The Balaban J connectivity index is 2.04. The van der Waals surface area contributed by atoms with Gasteiger partial charge in [-0.05, 0) is 46.7 Å². The molecule has 3 heteroatoms. The van der Waals surface area contributed by atoms with Crippen LogP contribution in [-0.2, 0) is 9.47 Å². The maximum absolute atomic E-state index is 5.60. The predicted molar refractivity (Wildman–Crippen MR) is 52.7 cm³/mol. The van der Waals surface area contributed by atoms with Crippen molar-refractivity contribution in [3.05, 3.63) is 0 Å². The number of hydrogen-bond donors (Lipinski definition) is 1. The van der Waals surface area contributed by atoms with Crippen molar-refractivity contribution in [2.45, 2.75) is 45.3 Å². The predicted octanol–water partition coefficient (Wildman–Crippen LogP) is 1.53. The number of rotatable bonds is 3. The highest BCUT2D eigenvalue weighted by molar-refractivity contribution is 4.67. The fourth-order valence-electron chi connectivity index (χ4n) is 1.27. The van der Waals surface area contributed by atoms with Gasteiger partial charge in [-0.15, -0.1) is 0 Å². The first-order valence-electron chi connectivity index (χ1n) is 5.04. The van der Waals surface area contributed by atoms with Crippen LogP contribution in [0.5, 0.6) is 0 Å². The first kappa shape index (κ1) is 11.0. The Labute approximate surface area is 80.8 Å². The smallest absolute Gasteiger partial charge is 0.147 e. The molecule has 1 rings (SSSR count). The lowest BCUT2D eigenvalue weighted by atomic mass is 10.1. The Morgan fingerprint density at radius 2 is 1.85 bits per heavy atom. The van der Waals surface area contributed by atoms with Crippen molar-refractivity contribution in [1.82, 2.24) is 5.32 Å². The molecule has 1 aliphatic rings. The molecular weight excluding hydrogens is 166 g/mol. The molecule has 0 amide bonds. The molecule has 1 heterocycles. The SMILES string of the molecule is CC(C)(C)OCOC1CCNCC1. The minimum absolute atomic E-state index is 0.0904. The maximum atomic E-state index is 5.60. The van der Waals surface area contributed by atoms with Crippen LogP contribution in [0, 0.1) is 0 Å². The fourth-order valence-corrected chi connectivity index (χ4v) is 1.27. The normalized spacial score (nSPS) is 20.5. The van der Waals surface area contributed by atoms with E-state index in [1.54, 1.807) is 0 Å². The van der Waals surface area contributed by atoms with Crippen LogP contribution >= 0.6 is 0 Å². The van der Waals surface area contributed by atoms with Crippen LogP contribution in [0.2, 0.25) is 0 Å². The molecule has 0 radical (unpaired) electrons. The first-order chi connectivity index (χ1) is 6.08. The molecule has 1 aliphatic heterocycles. The zero-order chi connectivity index (χ0) is 9.73. The molecule has 0 atom stereocenters. The minimum atomic E-state index is -0.0904. The van der Waals surface area contributed by atoms with Gasteiger partial charge in [0, 0.05) is 0 Å². The summed E-state index contributed by atoms with van der Waals surface area (Å²) in [4.78, 5) is 0. The van der Waals surface area contributed by atoms with Crippen molar-refractivity contribution in [3.63, 3.8) is 0 Å². The van der Waals surface area contributed by atoms with Crippen LogP contribution in [0.1, 0.15) is 33.6 Å². The third-order valence-electron chi connectivity index (χ3n) is 2.08. The summed E-state index contributed by atoms with van der Waals surface area (Å²) in [6.07, 6.45) is 2.60. The third-order valence-corrected chi connectivity index (χ3v) is 2.08. The van der Waals surface area contributed by atoms with E-state index >= 15 is 0 Å². The summed E-state index contributed by atoms with van der Waals surface area (Å²) in [6, 6.07) is 0. The van der Waals surface area contributed by atoms with Crippen molar-refractivity contribution >= 4 is 0 Å². The van der Waals surface area contributed by atoms with E-state index in [9.17, 15) is 0 Å². The van der Waals surface area contributed by atoms with E-state index < -0.39 is 0 Å². The van der Waals surface area contributed by atoms with Crippen LogP contribution in [0.25, 0.3) is 0 Å². The molecule has 0 saturated carbocycles. The second-order valence-electron chi connectivity index (χ2n) is 4.49. The van der Waals surface area contributed by atoms with Gasteiger partial charge in [-0.25, -0.2) is 0 Å². The van der Waals surface area contributed by atoms with Crippen molar-refractivity contribution in [2.75, 3.05) is 19.9 Å². The number of nitrogens with one attached hydrogen (secondary N) is 1. The molecule has 0 spiro atoms. The molecule has 0 aromatic carbocycles. The largest absolute Gasteiger partial charge is 0.352 e. The average Bonchev–Trinajstić information content (AvgIpc) is 2.04. The maximum Gasteiger partial charge on any atom is 0.147 e. The summed E-state index contributed by atoms with van der Waals surface area (Å²) >= 11 is 0. The van der Waals surface area contributed by atoms with E-state index in [1.807, 2.05) is 20.8 Å². The third kappa shape index (κ3) is 5.24. The molecule has 3 nitrogen and oxygen atoms in total. The van der Waals surface area contributed by atoms with Crippen molar-refractivity contribution in [2.24, 2.45) is 0 Å². The van der Waals surface area contributed by atoms with E-state index in [1.165, 1.54) is 0 Å². The second kappa shape index (κ2) is 4.94. The van der Waals surface area contributed by atoms with Gasteiger partial charge in [0.15, 0.2) is 0 Å². The Morgan fingerprint density at radius 1 is 1.23 bits per heavy atom. The van der Waals surface area contributed by atoms with Gasteiger partial charge in [-0.2, -0.15) is 0 Å². The van der Waals surface area contributed by atoms with Crippen LogP contribution < -0.4 is 5.32 Å². The fraction of sp³-hybridized carbons (Fsp3) is 1.00. The van der Waals surface area contributed by atoms with Crippen LogP contribution in [0.3, 0.4) is 0 Å². The van der Waals surface area contributed by atoms with Gasteiger partial charge in [-0.3, -0.25) is 0 Å². The standard InChI is InChI=1S/C10H21NO2/c1-10(2,3)13-8-12-9-4-6-11-7-5-9/h9,11H,4-8H2,1-3H3. The van der Waals surface area contributed by atoms with E-state index in [0.29, 0.717) is 12.9 Å². The van der Waals surface area contributed by atoms with Gasteiger partial charge in [0.2, 0.25) is 0 Å². The van der Waals surface area contributed by atoms with E-state index in [0.717, 1.165) is 25.9 Å². The van der Waals surface area contributed by atoms with Gasteiger partial charge in [0.1, 0.15) is 6.79 Å². The van der Waals surface area contributed by atoms with Gasteiger partial charge in [0.05, 0.1) is 11.7 Å². The zero-order valence-electron chi connectivity index (χ0n) is 8.93. The lowest BCUT2D eigenvalue weighted by molar-refractivity contribution is -0.147. The topological polar surface area (TPSA) is 30.5 Å². The van der Waals surface area contributed by atoms with Crippen LogP contribution in [0.15, 0.2) is 0 Å². The highest BCUT2D eigenvalue weighted by Crippen LogP contribution is 2.10. The van der Waals surface area contributed by atoms with Crippen molar-refractivity contribution < 1.29 is 9.47 Å². The Hall–Kier alpha value is -0.120. The van der Waals surface area contributed by atoms with Crippen LogP contribution in [-0.4, -0.2) is 31.6 Å². The quantitative estimate of drug-likeness (QED) is 0.680. The van der Waals surface area contributed by atoms with Crippen molar-refractivity contribution in [3.8, 4) is 0 Å². The van der Waals surface area contributed by atoms with Gasteiger partial charge < -0.3 is 14.8 Å². The molecule has 1 saturated heterocycles. The number of ether oxygens (including phenoxy) is 2. The lowest BCUT2D eigenvalue weighted by Crippen LogP contribution is -2.33. The Kier molecular flexibility index (Phi) is 4.16. The van der Waals surface area contributed by atoms with Gasteiger partial charge >= 0.3 is 0 Å². The van der Waals surface area contributed by atoms with E-state index in [-0.39, 0.29) is 5.60 Å². The summed E-state index contributed by atoms with van der Waals surface area (Å²) in [6.45, 7) is 8.69. The average molecular weight is 187 g/mol. The molecule has 0 bridgehead atoms. The van der Waals surface area contributed by atoms with Crippen molar-refractivity contribution in [1.29, 1.82) is 0 Å². The summed E-state index contributed by atoms with van der Waals surface area (Å²) < 4.78 is 11.1. The highest BCUT2D eigenvalue weighted by Gasteiger charge is 2.15. The van der Waals surface area contributed by atoms with Gasteiger partial charge in [0.25, 0.3) is 0 Å². The Morgan fingerprint density at radius 3 is 2.38 bits per heavy atom. The molecule has 0 aromatic heterocycles. The molecule has 1 N–H and O–H groups in total. The van der Waals surface area contributed by atoms with E-state index in [4.69, 9.17) is 9.47 Å². The highest BCUT2D eigenvalue weighted by atomic mass is 16.7. The lowest BCUT2D eigenvalue weighted by Gasteiger charge is -2.25. The number of piperidine rings is 1. The van der Waals surface area contributed by atoms with Gasteiger partial charge in [-0.1, -0.05) is 0 Å². The molecule has 13 heavy (non-hydrogen) atoms. The molecule has 0 unspecified atom stereocenters. The molecule has 78 valence electrons. The Bertz CT molecular complexity index is 136. The minimum Gasteiger partial charge on any atom is -0.352 e. The summed E-state index contributed by atoms with van der Waals surface area (Å²) in [7, 11) is 0. The molecule has 0 aliphatic carbocycles. The number of hydrogen-bond acceptors (Lipinski definition) is 3. The summed E-state index contributed by atoms with van der Waals surface area (Å²) in [5.74, 6) is 0. The van der Waals surface area contributed by atoms with E-state index in [2.05, 4.69) is 5.32 Å². The molecule has 0 aromatic rings.